The maximum absolute atomic E-state index is 4.69. The Kier molecular flexibility index (Phi) is 3.22. The molecule has 3 aliphatic heterocycles. The lowest BCUT2D eigenvalue weighted by Crippen LogP contribution is -2.31. The van der Waals surface area contributed by atoms with Gasteiger partial charge in [0.05, 0.1) is 12.6 Å². The summed E-state index contributed by atoms with van der Waals surface area (Å²) in [4.78, 5) is 9.24. The maximum atomic E-state index is 4.69. The van der Waals surface area contributed by atoms with Gasteiger partial charge in [0.25, 0.3) is 0 Å². The number of nitrogens with one attached hydrogen (secondary N) is 1. The predicted octanol–water partition coefficient (Wildman–Crippen LogP) is 2.06. The van der Waals surface area contributed by atoms with Crippen LogP contribution in [-0.2, 0) is 0 Å². The highest BCUT2D eigenvalue weighted by molar-refractivity contribution is 5.98. The highest BCUT2D eigenvalue weighted by Gasteiger charge is 2.26. The summed E-state index contributed by atoms with van der Waals surface area (Å²) in [6.07, 6.45) is 17.8. The number of hydrogen-bond acceptors (Lipinski definition) is 3. The summed E-state index contributed by atoms with van der Waals surface area (Å²) in [5.74, 6) is 0.274. The molecule has 0 fully saturated rings. The molecule has 0 saturated heterocycles. The van der Waals surface area contributed by atoms with E-state index in [0.717, 1.165) is 19.5 Å². The van der Waals surface area contributed by atoms with Gasteiger partial charge in [0, 0.05) is 30.6 Å². The minimum atomic E-state index is 0.209. The first-order valence-corrected chi connectivity index (χ1v) is 6.44. The van der Waals surface area contributed by atoms with Crippen LogP contribution >= 0.6 is 0 Å². The third-order valence-electron chi connectivity index (χ3n) is 3.39. The van der Waals surface area contributed by atoms with E-state index in [-0.39, 0.29) is 12.0 Å². The van der Waals surface area contributed by atoms with E-state index in [1.807, 2.05) is 12.3 Å². The van der Waals surface area contributed by atoms with E-state index in [4.69, 9.17) is 0 Å². The lowest BCUT2D eigenvalue weighted by molar-refractivity contribution is 0.800. The number of hydrogen-bond donors (Lipinski definition) is 1. The molecular weight excluding hydrogens is 222 g/mol. The fourth-order valence-electron chi connectivity index (χ4n) is 2.51. The summed E-state index contributed by atoms with van der Waals surface area (Å²) in [5, 5.41) is 3.27. The van der Waals surface area contributed by atoms with Crippen LogP contribution in [0, 0.1) is 5.92 Å². The highest BCUT2D eigenvalue weighted by atomic mass is 14.9. The van der Waals surface area contributed by atoms with Crippen molar-refractivity contribution in [3.63, 3.8) is 0 Å². The molecule has 0 amide bonds. The van der Waals surface area contributed by atoms with Crippen LogP contribution in [0.3, 0.4) is 0 Å². The third kappa shape index (κ3) is 2.21. The summed E-state index contributed by atoms with van der Waals surface area (Å²) in [7, 11) is 0. The fourth-order valence-corrected chi connectivity index (χ4v) is 2.51. The first-order valence-electron chi connectivity index (χ1n) is 6.44. The van der Waals surface area contributed by atoms with Crippen molar-refractivity contribution < 1.29 is 0 Å². The molecule has 0 aromatic rings. The molecule has 1 N–H and O–H groups in total. The van der Waals surface area contributed by atoms with Crippen LogP contribution in [0.25, 0.3) is 0 Å². The Morgan fingerprint density at radius 2 is 2.22 bits per heavy atom. The Bertz CT molecular complexity index is 492. The molecule has 0 spiro atoms. The summed E-state index contributed by atoms with van der Waals surface area (Å²) in [6, 6.07) is 0.209. The van der Waals surface area contributed by atoms with E-state index in [2.05, 4.69) is 51.9 Å². The van der Waals surface area contributed by atoms with Crippen molar-refractivity contribution in [2.75, 3.05) is 13.1 Å². The fraction of sp³-hybridized carbons (Fsp3) is 0.333. The van der Waals surface area contributed by atoms with Gasteiger partial charge in [-0.1, -0.05) is 30.4 Å². The second kappa shape index (κ2) is 5.17. The van der Waals surface area contributed by atoms with Crippen LogP contribution in [0.15, 0.2) is 58.2 Å². The molecule has 3 nitrogen and oxygen atoms in total. The second-order valence-electron chi connectivity index (χ2n) is 4.60. The molecule has 92 valence electrons. The molecule has 0 radical (unpaired) electrons. The van der Waals surface area contributed by atoms with E-state index in [1.165, 1.54) is 11.3 Å². The number of nitrogens with zero attached hydrogens (tertiary/aromatic N) is 2. The average Bonchev–Trinajstić information content (AvgIpc) is 2.49. The Morgan fingerprint density at radius 1 is 1.22 bits per heavy atom. The van der Waals surface area contributed by atoms with Gasteiger partial charge >= 0.3 is 0 Å². The number of dihydropyridines is 3. The van der Waals surface area contributed by atoms with Crippen LogP contribution in [0.4, 0.5) is 0 Å². The van der Waals surface area contributed by atoms with Gasteiger partial charge in [0.1, 0.15) is 0 Å². The predicted molar refractivity (Wildman–Crippen MR) is 76.2 cm³/mol. The second-order valence-corrected chi connectivity index (χ2v) is 4.60. The topological polar surface area (TPSA) is 36.8 Å². The van der Waals surface area contributed by atoms with Crippen molar-refractivity contribution in [3.05, 3.63) is 48.2 Å². The van der Waals surface area contributed by atoms with E-state index >= 15 is 0 Å². The van der Waals surface area contributed by atoms with Crippen molar-refractivity contribution in [2.45, 2.75) is 12.5 Å². The summed E-state index contributed by atoms with van der Waals surface area (Å²) in [5.41, 5.74) is 2.47. The standard InChI is InChI=1S/C15H17N3/c1-2-9-17-14(7-1)15-13(6-4-10-18-15)12-5-3-8-16-11-12/h1-6,9,11,13-14,16H,7-8,10H2. The molecule has 0 aromatic carbocycles. The van der Waals surface area contributed by atoms with Crippen LogP contribution < -0.4 is 5.32 Å². The minimum Gasteiger partial charge on any atom is -0.387 e. The molecule has 3 rings (SSSR count). The van der Waals surface area contributed by atoms with Crippen LogP contribution in [0.2, 0.25) is 0 Å². The molecule has 0 bridgehead atoms. The molecule has 2 unspecified atom stereocenters. The van der Waals surface area contributed by atoms with Gasteiger partial charge in [-0.3, -0.25) is 9.98 Å². The van der Waals surface area contributed by atoms with Gasteiger partial charge in [-0.2, -0.15) is 0 Å². The monoisotopic (exact) mass is 239 g/mol. The Labute approximate surface area is 107 Å². The highest BCUT2D eigenvalue weighted by Crippen LogP contribution is 2.25. The lowest BCUT2D eigenvalue weighted by atomic mass is 9.86. The zero-order valence-electron chi connectivity index (χ0n) is 10.3. The number of aliphatic imine (C=N–C) groups is 2. The van der Waals surface area contributed by atoms with Gasteiger partial charge in [0.2, 0.25) is 0 Å². The molecule has 0 aliphatic carbocycles. The van der Waals surface area contributed by atoms with Crippen LogP contribution in [-0.4, -0.2) is 31.1 Å². The van der Waals surface area contributed by atoms with Crippen molar-refractivity contribution in [1.29, 1.82) is 0 Å². The van der Waals surface area contributed by atoms with Crippen molar-refractivity contribution in [2.24, 2.45) is 15.9 Å². The first kappa shape index (κ1) is 11.2. The average molecular weight is 239 g/mol. The maximum Gasteiger partial charge on any atom is 0.0920 e. The lowest BCUT2D eigenvalue weighted by Gasteiger charge is -2.26. The molecule has 0 aromatic heterocycles. The number of rotatable bonds is 2. The molecule has 18 heavy (non-hydrogen) atoms. The quantitative estimate of drug-likeness (QED) is 0.736. The Morgan fingerprint density at radius 3 is 3.00 bits per heavy atom. The summed E-state index contributed by atoms with van der Waals surface area (Å²) in [6.45, 7) is 1.70. The molecule has 3 heterocycles. The first-order chi connectivity index (χ1) is 8.95. The number of allylic oxidation sites excluding steroid dienone is 4. The minimum absolute atomic E-state index is 0.209. The van der Waals surface area contributed by atoms with Gasteiger partial charge in [-0.15, -0.1) is 0 Å². The van der Waals surface area contributed by atoms with Gasteiger partial charge in [0.15, 0.2) is 0 Å². The molecule has 0 saturated carbocycles. The summed E-state index contributed by atoms with van der Waals surface area (Å²) >= 11 is 0. The third-order valence-corrected chi connectivity index (χ3v) is 3.39. The summed E-state index contributed by atoms with van der Waals surface area (Å²) < 4.78 is 0. The molecule has 2 atom stereocenters. The molecular formula is C15H17N3. The smallest absolute Gasteiger partial charge is 0.0920 e. The van der Waals surface area contributed by atoms with Crippen LogP contribution in [0.1, 0.15) is 6.42 Å². The Balaban J connectivity index is 1.85. The zero-order chi connectivity index (χ0) is 12.2. The van der Waals surface area contributed by atoms with Gasteiger partial charge in [-0.05, 0) is 18.1 Å². The largest absolute Gasteiger partial charge is 0.387 e. The van der Waals surface area contributed by atoms with Gasteiger partial charge in [-0.25, -0.2) is 0 Å². The van der Waals surface area contributed by atoms with E-state index in [0.29, 0.717) is 0 Å². The SMILES string of the molecule is C1=CCC(C2=NCC=CC2C2=CNCC=C2)N=C1. The zero-order valence-corrected chi connectivity index (χ0v) is 10.3. The van der Waals surface area contributed by atoms with Crippen molar-refractivity contribution in [1.82, 2.24) is 5.32 Å². The molecule has 3 heteroatoms. The van der Waals surface area contributed by atoms with Crippen LogP contribution in [0.5, 0.6) is 0 Å². The Hall–Kier alpha value is -1.90. The van der Waals surface area contributed by atoms with E-state index in [9.17, 15) is 0 Å². The van der Waals surface area contributed by atoms with Gasteiger partial charge < -0.3 is 5.32 Å². The van der Waals surface area contributed by atoms with Crippen molar-refractivity contribution >= 4 is 11.9 Å². The molecule has 3 aliphatic rings. The van der Waals surface area contributed by atoms with E-state index in [1.54, 1.807) is 0 Å². The van der Waals surface area contributed by atoms with Crippen molar-refractivity contribution in [3.8, 4) is 0 Å². The van der Waals surface area contributed by atoms with E-state index < -0.39 is 0 Å². The normalized spacial score (nSPS) is 29.8.